The van der Waals surface area contributed by atoms with Gasteiger partial charge in [-0.05, 0) is 29.8 Å². The van der Waals surface area contributed by atoms with E-state index in [1.54, 1.807) is 10.7 Å². The van der Waals surface area contributed by atoms with E-state index in [1.807, 2.05) is 47.4 Å². The van der Waals surface area contributed by atoms with Gasteiger partial charge in [0, 0.05) is 43.1 Å². The Bertz CT molecular complexity index is 1040. The molecule has 1 aliphatic heterocycles. The molecule has 0 aliphatic carbocycles. The van der Waals surface area contributed by atoms with Crippen molar-refractivity contribution < 1.29 is 4.79 Å². The van der Waals surface area contributed by atoms with E-state index in [1.165, 1.54) is 11.8 Å². The van der Waals surface area contributed by atoms with Gasteiger partial charge in [-0.15, -0.1) is 0 Å². The maximum atomic E-state index is 12.8. The molecule has 0 saturated carbocycles. The quantitative estimate of drug-likeness (QED) is 0.679. The Hall–Kier alpha value is -2.70. The Morgan fingerprint density at radius 3 is 2.46 bits per heavy atom. The molecule has 28 heavy (non-hydrogen) atoms. The monoisotopic (exact) mass is 396 g/mol. The van der Waals surface area contributed by atoms with Crippen LogP contribution in [0, 0.1) is 0 Å². The Labute approximate surface area is 167 Å². The summed E-state index contributed by atoms with van der Waals surface area (Å²) in [5.41, 5.74) is 1.77. The number of hydrogen-bond acceptors (Lipinski definition) is 4. The summed E-state index contributed by atoms with van der Waals surface area (Å²) < 4.78 is 1.61. The van der Waals surface area contributed by atoms with Crippen molar-refractivity contribution in [1.29, 1.82) is 0 Å². The van der Waals surface area contributed by atoms with Crippen LogP contribution >= 0.6 is 11.6 Å². The number of benzene rings is 2. The normalized spacial score (nSPS) is 15.1. The number of nitrogens with zero attached hydrogens (tertiary/aromatic N) is 4. The minimum Gasteiger partial charge on any atom is -0.339 e. The molecule has 2 heterocycles. The van der Waals surface area contributed by atoms with Crippen molar-refractivity contribution in [3.8, 4) is 0 Å². The smallest absolute Gasteiger partial charge is 0.244 e. The van der Waals surface area contributed by atoms with E-state index in [9.17, 15) is 9.59 Å². The van der Waals surface area contributed by atoms with E-state index in [0.29, 0.717) is 24.0 Å². The molecule has 0 unspecified atom stereocenters. The molecular weight excluding hydrogens is 376 g/mol. The molecule has 1 amide bonds. The third kappa shape index (κ3) is 4.08. The van der Waals surface area contributed by atoms with E-state index < -0.39 is 0 Å². The second-order valence-corrected chi connectivity index (χ2v) is 7.40. The van der Waals surface area contributed by atoms with Gasteiger partial charge < -0.3 is 4.90 Å². The van der Waals surface area contributed by atoms with E-state index in [4.69, 9.17) is 11.6 Å². The first-order chi connectivity index (χ1) is 13.6. The lowest BCUT2D eigenvalue weighted by Crippen LogP contribution is -2.49. The van der Waals surface area contributed by atoms with Crippen molar-refractivity contribution in [2.75, 3.05) is 26.2 Å². The number of amides is 1. The van der Waals surface area contributed by atoms with Crippen LogP contribution in [0.25, 0.3) is 10.9 Å². The number of carbonyl (C=O) groups is 1. The maximum Gasteiger partial charge on any atom is 0.244 e. The summed E-state index contributed by atoms with van der Waals surface area (Å²) in [4.78, 5) is 28.9. The van der Waals surface area contributed by atoms with Gasteiger partial charge in [-0.1, -0.05) is 35.9 Å². The van der Waals surface area contributed by atoms with Gasteiger partial charge in [0.05, 0.1) is 11.7 Å². The Balaban J connectivity index is 1.38. The summed E-state index contributed by atoms with van der Waals surface area (Å²) in [5, 5.41) is 5.47. The highest BCUT2D eigenvalue weighted by Gasteiger charge is 2.22. The van der Waals surface area contributed by atoms with E-state index in [0.717, 1.165) is 24.7 Å². The summed E-state index contributed by atoms with van der Waals surface area (Å²) in [5.74, 6) is 0.0208. The fourth-order valence-corrected chi connectivity index (χ4v) is 3.64. The first kappa shape index (κ1) is 18.7. The lowest BCUT2D eigenvalue weighted by atomic mass is 10.2. The Kier molecular flexibility index (Phi) is 5.41. The van der Waals surface area contributed by atoms with Crippen LogP contribution in [0.5, 0.6) is 0 Å². The van der Waals surface area contributed by atoms with Crippen LogP contribution in [0.4, 0.5) is 0 Å². The van der Waals surface area contributed by atoms with Gasteiger partial charge in [0.2, 0.25) is 11.3 Å². The molecule has 4 rings (SSSR count). The number of halogens is 1. The average molecular weight is 397 g/mol. The highest BCUT2D eigenvalue weighted by atomic mass is 35.5. The average Bonchev–Trinajstić information content (AvgIpc) is 2.72. The van der Waals surface area contributed by atoms with Crippen LogP contribution in [-0.2, 0) is 17.9 Å². The van der Waals surface area contributed by atoms with Crippen LogP contribution in [0.1, 0.15) is 5.56 Å². The zero-order chi connectivity index (χ0) is 19.5. The van der Waals surface area contributed by atoms with Crippen LogP contribution in [0.2, 0.25) is 5.02 Å². The Morgan fingerprint density at radius 1 is 1.00 bits per heavy atom. The van der Waals surface area contributed by atoms with Gasteiger partial charge in [-0.25, -0.2) is 0 Å². The van der Waals surface area contributed by atoms with Gasteiger partial charge in [0.15, 0.2) is 0 Å². The van der Waals surface area contributed by atoms with Crippen LogP contribution < -0.4 is 5.43 Å². The molecule has 6 nitrogen and oxygen atoms in total. The minimum atomic E-state index is -0.130. The highest BCUT2D eigenvalue weighted by molar-refractivity contribution is 6.30. The standard InChI is InChI=1S/C21H21ClN4O2/c22-17-7-5-16(6-8-17)14-24-9-11-25(12-10-24)21(28)15-26-19-4-2-1-3-18(19)20(27)13-23-26/h1-8,13H,9-12,14-15H2. The fraction of sp³-hybridized carbons (Fsp3) is 0.286. The van der Waals surface area contributed by atoms with Crippen molar-refractivity contribution in [2.45, 2.75) is 13.1 Å². The first-order valence-electron chi connectivity index (χ1n) is 9.29. The van der Waals surface area contributed by atoms with Gasteiger partial charge in [-0.2, -0.15) is 5.10 Å². The number of aromatic nitrogens is 2. The molecule has 1 fully saturated rings. The van der Waals surface area contributed by atoms with Gasteiger partial charge >= 0.3 is 0 Å². The van der Waals surface area contributed by atoms with Crippen LogP contribution in [0.3, 0.4) is 0 Å². The highest BCUT2D eigenvalue weighted by Crippen LogP contribution is 2.14. The third-order valence-electron chi connectivity index (χ3n) is 5.09. The zero-order valence-electron chi connectivity index (χ0n) is 15.4. The second-order valence-electron chi connectivity index (χ2n) is 6.97. The van der Waals surface area contributed by atoms with Crippen molar-refractivity contribution in [3.05, 3.63) is 75.5 Å². The predicted octanol–water partition coefficient (Wildman–Crippen LogP) is 2.39. The molecule has 0 radical (unpaired) electrons. The molecule has 1 aliphatic rings. The molecular formula is C21H21ClN4O2. The van der Waals surface area contributed by atoms with Crippen molar-refractivity contribution in [3.63, 3.8) is 0 Å². The minimum absolute atomic E-state index is 0.0208. The van der Waals surface area contributed by atoms with Crippen molar-refractivity contribution in [1.82, 2.24) is 19.6 Å². The molecule has 0 N–H and O–H groups in total. The summed E-state index contributed by atoms with van der Waals surface area (Å²) >= 11 is 5.94. The summed E-state index contributed by atoms with van der Waals surface area (Å²) in [6, 6.07) is 15.1. The topological polar surface area (TPSA) is 58.4 Å². The number of carbonyl (C=O) groups excluding carboxylic acids is 1. The molecule has 144 valence electrons. The van der Waals surface area contributed by atoms with Crippen LogP contribution in [-0.4, -0.2) is 51.7 Å². The number of hydrogen-bond donors (Lipinski definition) is 0. The second kappa shape index (κ2) is 8.12. The molecule has 7 heteroatoms. The number of rotatable bonds is 4. The maximum absolute atomic E-state index is 12.8. The van der Waals surface area contributed by atoms with Gasteiger partial charge in [0.1, 0.15) is 6.54 Å². The fourth-order valence-electron chi connectivity index (χ4n) is 3.52. The van der Waals surface area contributed by atoms with E-state index >= 15 is 0 Å². The lowest BCUT2D eigenvalue weighted by Gasteiger charge is -2.34. The van der Waals surface area contributed by atoms with Crippen molar-refractivity contribution >= 4 is 28.4 Å². The molecule has 1 saturated heterocycles. The number of piperazine rings is 1. The molecule has 3 aromatic rings. The van der Waals surface area contributed by atoms with E-state index in [-0.39, 0.29) is 17.9 Å². The molecule has 2 aromatic carbocycles. The predicted molar refractivity (Wildman–Crippen MR) is 109 cm³/mol. The van der Waals surface area contributed by atoms with Crippen LogP contribution in [0.15, 0.2) is 59.5 Å². The zero-order valence-corrected chi connectivity index (χ0v) is 16.2. The Morgan fingerprint density at radius 2 is 1.71 bits per heavy atom. The molecule has 0 spiro atoms. The van der Waals surface area contributed by atoms with Gasteiger partial charge in [0.25, 0.3) is 0 Å². The summed E-state index contributed by atoms with van der Waals surface area (Å²) in [6.07, 6.45) is 1.28. The number of fused-ring (bicyclic) bond motifs is 1. The number of para-hydroxylation sites is 1. The summed E-state index contributed by atoms with van der Waals surface area (Å²) in [6.45, 7) is 4.01. The SMILES string of the molecule is O=C(Cn1ncc(=O)c2ccccc21)N1CCN(Cc2ccc(Cl)cc2)CC1. The lowest BCUT2D eigenvalue weighted by molar-refractivity contribution is -0.133. The summed E-state index contributed by atoms with van der Waals surface area (Å²) in [7, 11) is 0. The van der Waals surface area contributed by atoms with E-state index in [2.05, 4.69) is 10.00 Å². The molecule has 0 atom stereocenters. The molecule has 1 aromatic heterocycles. The van der Waals surface area contributed by atoms with Gasteiger partial charge in [-0.3, -0.25) is 19.2 Å². The third-order valence-corrected chi connectivity index (χ3v) is 5.34. The largest absolute Gasteiger partial charge is 0.339 e. The molecule has 0 bridgehead atoms. The van der Waals surface area contributed by atoms with Crippen molar-refractivity contribution in [2.24, 2.45) is 0 Å². The first-order valence-corrected chi connectivity index (χ1v) is 9.67.